The number of nitrogens with one attached hydrogen (secondary N) is 1. The van der Waals surface area contributed by atoms with E-state index in [2.05, 4.69) is 21.0 Å². The summed E-state index contributed by atoms with van der Waals surface area (Å²) < 4.78 is 46.6. The molecule has 5 nitrogen and oxygen atoms in total. The highest BCUT2D eigenvalue weighted by Gasteiger charge is 2.32. The number of nitriles is 1. The van der Waals surface area contributed by atoms with Gasteiger partial charge in [-0.2, -0.15) is 5.26 Å². The fourth-order valence-electron chi connectivity index (χ4n) is 2.69. The highest BCUT2D eigenvalue weighted by molar-refractivity contribution is 5.85. The summed E-state index contributed by atoms with van der Waals surface area (Å²) in [6.45, 7) is 2.95. The quantitative estimate of drug-likeness (QED) is 0.819. The lowest BCUT2D eigenvalue weighted by Gasteiger charge is -2.34. The maximum absolute atomic E-state index is 12.4. The Morgan fingerprint density at radius 1 is 1.28 bits per heavy atom. The molecule has 25 heavy (non-hydrogen) atoms. The van der Waals surface area contributed by atoms with Crippen molar-refractivity contribution in [2.75, 3.05) is 33.3 Å². The van der Waals surface area contributed by atoms with Gasteiger partial charge in [-0.15, -0.1) is 38.0 Å². The fourth-order valence-corrected chi connectivity index (χ4v) is 2.69. The van der Waals surface area contributed by atoms with E-state index in [4.69, 9.17) is 10.00 Å². The molecular weight excluding hydrogens is 382 g/mol. The van der Waals surface area contributed by atoms with Crippen LogP contribution in [0.3, 0.4) is 0 Å². The van der Waals surface area contributed by atoms with Crippen molar-refractivity contribution in [2.24, 2.45) is 0 Å². The number of nitrogens with zero attached hydrogens (tertiary/aromatic N) is 2. The van der Waals surface area contributed by atoms with Crippen molar-refractivity contribution < 1.29 is 22.6 Å². The average Bonchev–Trinajstić information content (AvgIpc) is 2.52. The highest BCUT2D eigenvalue weighted by Crippen LogP contribution is 2.36. The number of hydrogen-bond donors (Lipinski definition) is 1. The average molecular weight is 402 g/mol. The first kappa shape index (κ1) is 23.6. The molecule has 0 aliphatic carbocycles. The molecule has 1 atom stereocenters. The molecule has 1 fully saturated rings. The molecule has 0 bridgehead atoms. The van der Waals surface area contributed by atoms with Crippen LogP contribution in [0.4, 0.5) is 13.2 Å². The Labute approximate surface area is 156 Å². The van der Waals surface area contributed by atoms with Crippen molar-refractivity contribution in [2.45, 2.75) is 18.8 Å². The van der Waals surface area contributed by atoms with Gasteiger partial charge in [-0.05, 0) is 18.2 Å². The maximum atomic E-state index is 12.4. The Kier molecular flexibility index (Phi) is 9.97. The second kappa shape index (κ2) is 10.6. The summed E-state index contributed by atoms with van der Waals surface area (Å²) in [6.07, 6.45) is -4.60. The highest BCUT2D eigenvalue weighted by atomic mass is 35.5. The first-order valence-corrected chi connectivity index (χ1v) is 7.20. The number of halogens is 5. The van der Waals surface area contributed by atoms with Crippen LogP contribution in [0.5, 0.6) is 11.5 Å². The summed E-state index contributed by atoms with van der Waals surface area (Å²) >= 11 is 0. The summed E-state index contributed by atoms with van der Waals surface area (Å²) in [6, 6.07) is 5.70. The van der Waals surface area contributed by atoms with Crippen LogP contribution in [0, 0.1) is 11.3 Å². The van der Waals surface area contributed by atoms with E-state index >= 15 is 0 Å². The van der Waals surface area contributed by atoms with Gasteiger partial charge in [0.25, 0.3) is 0 Å². The van der Waals surface area contributed by atoms with Crippen molar-refractivity contribution in [1.82, 2.24) is 10.2 Å². The third-order valence-corrected chi connectivity index (χ3v) is 3.67. The van der Waals surface area contributed by atoms with Gasteiger partial charge >= 0.3 is 6.36 Å². The van der Waals surface area contributed by atoms with Crippen LogP contribution >= 0.6 is 24.8 Å². The number of ether oxygens (including phenoxy) is 2. The van der Waals surface area contributed by atoms with E-state index < -0.39 is 6.36 Å². The van der Waals surface area contributed by atoms with Crippen LogP contribution in [0.25, 0.3) is 0 Å². The molecule has 0 unspecified atom stereocenters. The van der Waals surface area contributed by atoms with Crippen LogP contribution in [0.2, 0.25) is 0 Å². The summed E-state index contributed by atoms with van der Waals surface area (Å²) in [5, 5.41) is 12.3. The fraction of sp³-hybridized carbons (Fsp3) is 0.533. The van der Waals surface area contributed by atoms with E-state index in [-0.39, 0.29) is 43.0 Å². The van der Waals surface area contributed by atoms with E-state index in [1.54, 1.807) is 0 Å². The zero-order valence-corrected chi connectivity index (χ0v) is 15.1. The van der Waals surface area contributed by atoms with Crippen LogP contribution in [0.15, 0.2) is 18.2 Å². The lowest BCUT2D eigenvalue weighted by molar-refractivity contribution is -0.274. The Balaban J connectivity index is 0.00000288. The lowest BCUT2D eigenvalue weighted by atomic mass is 10.00. The van der Waals surface area contributed by atoms with Crippen LogP contribution in [-0.2, 0) is 0 Å². The minimum atomic E-state index is -4.76. The molecular formula is C15H20Cl2F3N3O2. The van der Waals surface area contributed by atoms with Gasteiger partial charge in [0.15, 0.2) is 0 Å². The SMILES string of the molecule is COc1ccc(OC(F)(F)F)cc1[C@@H](CC#N)N1CCNCC1.Cl.Cl. The number of rotatable bonds is 5. The number of alkyl halides is 3. The van der Waals surface area contributed by atoms with E-state index in [9.17, 15) is 13.2 Å². The molecule has 0 saturated carbocycles. The summed E-state index contributed by atoms with van der Waals surface area (Å²) in [4.78, 5) is 2.06. The van der Waals surface area contributed by atoms with E-state index in [0.717, 1.165) is 13.1 Å². The molecule has 1 aromatic carbocycles. The normalized spacial score (nSPS) is 16.0. The Bertz CT molecular complexity index is 576. The largest absolute Gasteiger partial charge is 0.573 e. The predicted octanol–water partition coefficient (Wildman–Crippen LogP) is 3.30. The molecule has 1 N–H and O–H groups in total. The van der Waals surface area contributed by atoms with Gasteiger partial charge in [-0.1, -0.05) is 0 Å². The van der Waals surface area contributed by atoms with Crippen molar-refractivity contribution in [3.63, 3.8) is 0 Å². The molecule has 0 aromatic heterocycles. The zero-order chi connectivity index (χ0) is 16.9. The third kappa shape index (κ3) is 6.78. The summed E-state index contributed by atoms with van der Waals surface area (Å²) in [5.41, 5.74) is 0.526. The minimum Gasteiger partial charge on any atom is -0.496 e. The van der Waals surface area contributed by atoms with Gasteiger partial charge in [0, 0.05) is 31.7 Å². The molecule has 142 valence electrons. The van der Waals surface area contributed by atoms with Crippen LogP contribution < -0.4 is 14.8 Å². The van der Waals surface area contributed by atoms with Gasteiger partial charge in [0.05, 0.1) is 25.6 Å². The molecule has 1 heterocycles. The standard InChI is InChI=1S/C15H18F3N3O2.2ClH/c1-22-14-3-2-11(23-15(16,17)18)10-12(14)13(4-5-19)21-8-6-20-7-9-21;;/h2-3,10,13,20H,4,6-9H2,1H3;2*1H/t13-;;/m1../s1. The first-order chi connectivity index (χ1) is 10.9. The molecule has 1 aliphatic heterocycles. The first-order valence-electron chi connectivity index (χ1n) is 7.20. The van der Waals surface area contributed by atoms with Gasteiger partial charge in [0.2, 0.25) is 0 Å². The molecule has 0 spiro atoms. The Hall–Kier alpha value is -1.40. The molecule has 2 rings (SSSR count). The zero-order valence-electron chi connectivity index (χ0n) is 13.5. The Morgan fingerprint density at radius 3 is 2.44 bits per heavy atom. The van der Waals surface area contributed by atoms with Crippen LogP contribution in [-0.4, -0.2) is 44.6 Å². The molecule has 1 aliphatic rings. The predicted molar refractivity (Wildman–Crippen MR) is 91.6 cm³/mol. The monoisotopic (exact) mass is 401 g/mol. The number of piperazine rings is 1. The molecule has 0 radical (unpaired) electrons. The summed E-state index contributed by atoms with van der Waals surface area (Å²) in [7, 11) is 1.45. The van der Waals surface area contributed by atoms with E-state index in [1.165, 1.54) is 25.3 Å². The minimum absolute atomic E-state index is 0. The molecule has 1 aromatic rings. The molecule has 0 amide bonds. The Morgan fingerprint density at radius 2 is 1.92 bits per heavy atom. The smallest absolute Gasteiger partial charge is 0.496 e. The van der Waals surface area contributed by atoms with E-state index in [1.807, 2.05) is 0 Å². The molecule has 10 heteroatoms. The maximum Gasteiger partial charge on any atom is 0.573 e. The van der Waals surface area contributed by atoms with Crippen molar-refractivity contribution >= 4 is 24.8 Å². The van der Waals surface area contributed by atoms with Gasteiger partial charge in [-0.25, -0.2) is 0 Å². The van der Waals surface area contributed by atoms with Crippen molar-refractivity contribution in [1.29, 1.82) is 5.26 Å². The van der Waals surface area contributed by atoms with Crippen LogP contribution in [0.1, 0.15) is 18.0 Å². The number of benzene rings is 1. The second-order valence-corrected chi connectivity index (χ2v) is 5.12. The topological polar surface area (TPSA) is 57.5 Å². The van der Waals surface area contributed by atoms with Crippen molar-refractivity contribution in [3.8, 4) is 17.6 Å². The number of hydrogen-bond acceptors (Lipinski definition) is 5. The van der Waals surface area contributed by atoms with E-state index in [0.29, 0.717) is 24.4 Å². The van der Waals surface area contributed by atoms with Gasteiger partial charge in [0.1, 0.15) is 11.5 Å². The second-order valence-electron chi connectivity index (χ2n) is 5.12. The third-order valence-electron chi connectivity index (χ3n) is 3.67. The van der Waals surface area contributed by atoms with Crippen molar-refractivity contribution in [3.05, 3.63) is 23.8 Å². The summed E-state index contributed by atoms with van der Waals surface area (Å²) in [5.74, 6) is 0.129. The van der Waals surface area contributed by atoms with Gasteiger partial charge in [-0.3, -0.25) is 4.90 Å². The number of methoxy groups -OCH3 is 1. The van der Waals surface area contributed by atoms with Gasteiger partial charge < -0.3 is 14.8 Å². The molecule has 1 saturated heterocycles. The lowest BCUT2D eigenvalue weighted by Crippen LogP contribution is -2.45.